The molecule has 1 fully saturated rings. The van der Waals surface area contributed by atoms with Crippen molar-refractivity contribution in [2.24, 2.45) is 11.7 Å². The molecule has 0 saturated heterocycles. The van der Waals surface area contributed by atoms with Gasteiger partial charge in [0, 0.05) is 17.1 Å². The summed E-state index contributed by atoms with van der Waals surface area (Å²) in [7, 11) is 0. The molecule has 1 aliphatic carbocycles. The number of hydrogen-bond donors (Lipinski definition) is 1. The first-order chi connectivity index (χ1) is 10.2. The van der Waals surface area contributed by atoms with Crippen molar-refractivity contribution >= 4 is 11.6 Å². The molecule has 1 saturated carbocycles. The Labute approximate surface area is 134 Å². The summed E-state index contributed by atoms with van der Waals surface area (Å²) in [5.41, 5.74) is 7.38. The van der Waals surface area contributed by atoms with E-state index in [0.29, 0.717) is 18.0 Å². The van der Waals surface area contributed by atoms with E-state index in [0.717, 1.165) is 24.5 Å². The normalized spacial score (nSPS) is 24.2. The first kappa shape index (κ1) is 16.8. The first-order valence-corrected chi connectivity index (χ1v) is 8.73. The van der Waals surface area contributed by atoms with Gasteiger partial charge in [0.25, 0.3) is 0 Å². The van der Waals surface area contributed by atoms with Crippen LogP contribution in [0.25, 0.3) is 0 Å². The molecule has 1 aromatic carbocycles. The molecule has 0 bridgehead atoms. The van der Waals surface area contributed by atoms with Crippen LogP contribution in [-0.4, -0.2) is 30.1 Å². The van der Waals surface area contributed by atoms with Gasteiger partial charge in [-0.3, -0.25) is 4.90 Å². The monoisotopic (exact) mass is 308 g/mol. The first-order valence-electron chi connectivity index (χ1n) is 8.36. The van der Waals surface area contributed by atoms with E-state index >= 15 is 0 Å². The number of rotatable bonds is 6. The Bertz CT molecular complexity index is 418. The molecule has 21 heavy (non-hydrogen) atoms. The highest BCUT2D eigenvalue weighted by molar-refractivity contribution is 6.30. The van der Waals surface area contributed by atoms with Gasteiger partial charge in [-0.25, -0.2) is 0 Å². The van der Waals surface area contributed by atoms with Crippen molar-refractivity contribution in [3.05, 3.63) is 34.9 Å². The Kier molecular flexibility index (Phi) is 6.53. The molecular weight excluding hydrogens is 280 g/mol. The van der Waals surface area contributed by atoms with Crippen LogP contribution in [0.5, 0.6) is 0 Å². The van der Waals surface area contributed by atoms with Crippen LogP contribution in [0, 0.1) is 5.92 Å². The Morgan fingerprint density at radius 3 is 2.52 bits per heavy atom. The third-order valence-electron chi connectivity index (χ3n) is 4.97. The average molecular weight is 309 g/mol. The van der Waals surface area contributed by atoms with Crippen molar-refractivity contribution in [3.8, 4) is 0 Å². The third-order valence-corrected chi connectivity index (χ3v) is 5.23. The molecule has 0 aromatic heterocycles. The lowest BCUT2D eigenvalue weighted by molar-refractivity contribution is 0.0772. The minimum absolute atomic E-state index is 0.549. The van der Waals surface area contributed by atoms with Gasteiger partial charge in [-0.15, -0.1) is 0 Å². The Balaban J connectivity index is 2.03. The van der Waals surface area contributed by atoms with Gasteiger partial charge < -0.3 is 5.73 Å². The van der Waals surface area contributed by atoms with Crippen LogP contribution < -0.4 is 5.73 Å². The number of hydrogen-bond acceptors (Lipinski definition) is 2. The molecule has 1 aromatic rings. The van der Waals surface area contributed by atoms with Crippen LogP contribution in [0.4, 0.5) is 0 Å². The molecule has 3 atom stereocenters. The highest BCUT2D eigenvalue weighted by atomic mass is 35.5. The predicted octanol–water partition coefficient (Wildman–Crippen LogP) is 4.11. The standard InChI is InChI=1S/C18H29ClN2/c1-3-21(18-7-5-4-6-16(18)13-20)14(2)12-15-8-10-17(19)11-9-15/h8-11,14,16,18H,3-7,12-13,20H2,1-2H3. The van der Waals surface area contributed by atoms with Crippen LogP contribution in [0.2, 0.25) is 5.02 Å². The number of likely N-dealkylation sites (N-methyl/N-ethyl adjacent to an activating group) is 1. The lowest BCUT2D eigenvalue weighted by atomic mass is 9.82. The minimum Gasteiger partial charge on any atom is -0.330 e. The summed E-state index contributed by atoms with van der Waals surface area (Å²) >= 11 is 5.97. The van der Waals surface area contributed by atoms with Gasteiger partial charge in [0.15, 0.2) is 0 Å². The van der Waals surface area contributed by atoms with Crippen molar-refractivity contribution < 1.29 is 0 Å². The molecule has 0 heterocycles. The lowest BCUT2D eigenvalue weighted by Gasteiger charge is -2.42. The van der Waals surface area contributed by atoms with Gasteiger partial charge >= 0.3 is 0 Å². The molecule has 1 aliphatic rings. The maximum atomic E-state index is 6.01. The van der Waals surface area contributed by atoms with Crippen LogP contribution in [0.3, 0.4) is 0 Å². The van der Waals surface area contributed by atoms with E-state index in [2.05, 4.69) is 30.9 Å². The summed E-state index contributed by atoms with van der Waals surface area (Å²) in [5.74, 6) is 0.673. The molecule has 0 amide bonds. The lowest BCUT2D eigenvalue weighted by Crippen LogP contribution is -2.49. The van der Waals surface area contributed by atoms with Crippen LogP contribution >= 0.6 is 11.6 Å². The molecule has 2 N–H and O–H groups in total. The summed E-state index contributed by atoms with van der Waals surface area (Å²) in [6.07, 6.45) is 6.39. The zero-order chi connectivity index (χ0) is 15.2. The van der Waals surface area contributed by atoms with Gasteiger partial charge in [0.1, 0.15) is 0 Å². The molecule has 0 spiro atoms. The van der Waals surface area contributed by atoms with E-state index in [9.17, 15) is 0 Å². The van der Waals surface area contributed by atoms with E-state index < -0.39 is 0 Å². The van der Waals surface area contributed by atoms with Gasteiger partial charge in [-0.05, 0) is 62.9 Å². The fourth-order valence-electron chi connectivity index (χ4n) is 3.85. The zero-order valence-corrected chi connectivity index (χ0v) is 14.1. The van der Waals surface area contributed by atoms with E-state index in [4.69, 9.17) is 17.3 Å². The Morgan fingerprint density at radius 1 is 1.24 bits per heavy atom. The second-order valence-electron chi connectivity index (χ2n) is 6.36. The van der Waals surface area contributed by atoms with Crippen molar-refractivity contribution in [3.63, 3.8) is 0 Å². The molecule has 3 unspecified atom stereocenters. The number of nitrogens with two attached hydrogens (primary N) is 1. The predicted molar refractivity (Wildman–Crippen MR) is 91.8 cm³/mol. The van der Waals surface area contributed by atoms with Gasteiger partial charge in [-0.1, -0.05) is 43.5 Å². The highest BCUT2D eigenvalue weighted by Crippen LogP contribution is 2.29. The Hall–Kier alpha value is -0.570. The van der Waals surface area contributed by atoms with Crippen molar-refractivity contribution in [2.45, 2.75) is 58.0 Å². The maximum Gasteiger partial charge on any atom is 0.0406 e. The summed E-state index contributed by atoms with van der Waals surface area (Å²) < 4.78 is 0. The van der Waals surface area contributed by atoms with E-state index in [1.165, 1.54) is 31.2 Å². The van der Waals surface area contributed by atoms with E-state index in [1.54, 1.807) is 0 Å². The topological polar surface area (TPSA) is 29.3 Å². The molecule has 3 heteroatoms. The molecule has 2 nitrogen and oxygen atoms in total. The summed E-state index contributed by atoms with van der Waals surface area (Å²) in [6, 6.07) is 9.48. The van der Waals surface area contributed by atoms with Crippen LogP contribution in [-0.2, 0) is 6.42 Å². The quantitative estimate of drug-likeness (QED) is 0.857. The van der Waals surface area contributed by atoms with Gasteiger partial charge in [0.2, 0.25) is 0 Å². The van der Waals surface area contributed by atoms with E-state index in [-0.39, 0.29) is 0 Å². The smallest absolute Gasteiger partial charge is 0.0406 e. The number of halogens is 1. The second kappa shape index (κ2) is 8.17. The van der Waals surface area contributed by atoms with E-state index in [1.807, 2.05) is 12.1 Å². The summed E-state index contributed by atoms with van der Waals surface area (Å²) in [5, 5.41) is 0.814. The SMILES string of the molecule is CCN(C(C)Cc1ccc(Cl)cc1)C1CCCCC1CN. The van der Waals surface area contributed by atoms with Crippen LogP contribution in [0.15, 0.2) is 24.3 Å². The van der Waals surface area contributed by atoms with Crippen molar-refractivity contribution in [2.75, 3.05) is 13.1 Å². The van der Waals surface area contributed by atoms with Crippen molar-refractivity contribution in [1.82, 2.24) is 4.90 Å². The number of benzene rings is 1. The van der Waals surface area contributed by atoms with Gasteiger partial charge in [0.05, 0.1) is 0 Å². The average Bonchev–Trinajstić information content (AvgIpc) is 2.51. The van der Waals surface area contributed by atoms with Crippen LogP contribution in [0.1, 0.15) is 45.1 Å². The van der Waals surface area contributed by atoms with Gasteiger partial charge in [-0.2, -0.15) is 0 Å². The highest BCUT2D eigenvalue weighted by Gasteiger charge is 2.30. The molecular formula is C18H29ClN2. The fourth-order valence-corrected chi connectivity index (χ4v) is 3.98. The summed E-state index contributed by atoms with van der Waals surface area (Å²) in [6.45, 7) is 6.56. The fraction of sp³-hybridized carbons (Fsp3) is 0.667. The van der Waals surface area contributed by atoms with Crippen molar-refractivity contribution in [1.29, 1.82) is 0 Å². The third kappa shape index (κ3) is 4.45. The zero-order valence-electron chi connectivity index (χ0n) is 13.4. The minimum atomic E-state index is 0.549. The molecule has 0 radical (unpaired) electrons. The summed E-state index contributed by atoms with van der Waals surface area (Å²) in [4.78, 5) is 2.67. The maximum absolute atomic E-state index is 6.01. The molecule has 2 rings (SSSR count). The Morgan fingerprint density at radius 2 is 1.90 bits per heavy atom. The molecule has 0 aliphatic heterocycles. The number of nitrogens with zero attached hydrogens (tertiary/aromatic N) is 1. The molecule has 118 valence electrons. The second-order valence-corrected chi connectivity index (χ2v) is 6.79. The largest absolute Gasteiger partial charge is 0.330 e.